The number of nitrogens with zero attached hydrogens (tertiary/aromatic N) is 5. The molecule has 0 bridgehead atoms. The maximum atomic E-state index is 14.5. The van der Waals surface area contributed by atoms with Gasteiger partial charge in [0.15, 0.2) is 10.7 Å². The van der Waals surface area contributed by atoms with E-state index in [0.29, 0.717) is 35.2 Å². The summed E-state index contributed by atoms with van der Waals surface area (Å²) < 4.78 is 43.5. The fourth-order valence-corrected chi connectivity index (χ4v) is 5.13. The summed E-state index contributed by atoms with van der Waals surface area (Å²) in [5.74, 6) is -1.52. The topological polar surface area (TPSA) is 87.7 Å². The highest BCUT2D eigenvalue weighted by molar-refractivity contribution is 7.89. The number of halogens is 2. The van der Waals surface area contributed by atoms with E-state index in [4.69, 9.17) is 0 Å². The molecule has 11 heteroatoms. The number of nitrogens with one attached hydrogen (secondary N) is 1. The van der Waals surface area contributed by atoms with E-state index in [2.05, 4.69) is 15.3 Å². The van der Waals surface area contributed by atoms with Gasteiger partial charge >= 0.3 is 0 Å². The number of amides is 1. The molecule has 3 aromatic rings. The van der Waals surface area contributed by atoms with E-state index in [1.54, 1.807) is 31.3 Å². The normalized spacial score (nSPS) is 16.5. The number of carbonyl (C=O) groups is 1. The zero-order valence-electron chi connectivity index (χ0n) is 19.8. The fourth-order valence-electron chi connectivity index (χ4n) is 3.99. The second-order valence-electron chi connectivity index (χ2n) is 7.96. The molecule has 0 saturated carbocycles. The minimum Gasteiger partial charge on any atom is -0.593 e. The summed E-state index contributed by atoms with van der Waals surface area (Å²) in [6.07, 6.45) is 1.48. The highest BCUT2D eigenvalue weighted by Gasteiger charge is 2.40. The minimum atomic E-state index is -1.25. The van der Waals surface area contributed by atoms with Gasteiger partial charge in [0, 0.05) is 32.9 Å². The molecule has 0 fully saturated rings. The molecule has 2 heterocycles. The van der Waals surface area contributed by atoms with Crippen molar-refractivity contribution < 1.29 is 18.1 Å². The van der Waals surface area contributed by atoms with E-state index in [1.165, 1.54) is 29.1 Å². The smallest absolute Gasteiger partial charge is 0.254 e. The lowest BCUT2D eigenvalue weighted by Crippen LogP contribution is -2.46. The van der Waals surface area contributed by atoms with Crippen molar-refractivity contribution in [2.24, 2.45) is 0 Å². The lowest BCUT2D eigenvalue weighted by atomic mass is 10.0. The van der Waals surface area contributed by atoms with Crippen LogP contribution in [0.25, 0.3) is 0 Å². The molecule has 1 aliphatic heterocycles. The van der Waals surface area contributed by atoms with Crippen LogP contribution < -0.4 is 15.1 Å². The van der Waals surface area contributed by atoms with Crippen LogP contribution in [-0.4, -0.2) is 51.9 Å². The van der Waals surface area contributed by atoms with Gasteiger partial charge in [0.05, 0.1) is 23.1 Å². The molecule has 1 aromatic heterocycles. The Labute approximate surface area is 205 Å². The monoisotopic (exact) mass is 500 g/mol. The second-order valence-corrected chi connectivity index (χ2v) is 9.45. The van der Waals surface area contributed by atoms with Crippen molar-refractivity contribution in [3.63, 3.8) is 0 Å². The lowest BCUT2D eigenvalue weighted by molar-refractivity contribution is -0.120. The highest BCUT2D eigenvalue weighted by atomic mass is 32.2. The van der Waals surface area contributed by atoms with Crippen LogP contribution in [0.4, 0.5) is 31.9 Å². The van der Waals surface area contributed by atoms with Crippen molar-refractivity contribution in [2.75, 3.05) is 42.3 Å². The molecule has 0 radical (unpaired) electrons. The number of benzene rings is 2. The second kappa shape index (κ2) is 10.1. The van der Waals surface area contributed by atoms with Crippen LogP contribution >= 0.6 is 0 Å². The van der Waals surface area contributed by atoms with Gasteiger partial charge in [0.2, 0.25) is 5.95 Å². The van der Waals surface area contributed by atoms with Gasteiger partial charge in [0.1, 0.15) is 23.4 Å². The first-order valence-electron chi connectivity index (χ1n) is 11.1. The van der Waals surface area contributed by atoms with Crippen LogP contribution in [0.3, 0.4) is 0 Å². The Kier molecular flexibility index (Phi) is 7.20. The number of rotatable bonds is 7. The molecule has 0 spiro atoms. The highest BCUT2D eigenvalue weighted by Crippen LogP contribution is 2.40. The third kappa shape index (κ3) is 4.66. The molecule has 0 saturated heterocycles. The molecule has 0 aliphatic carbocycles. The predicted molar refractivity (Wildman–Crippen MR) is 132 cm³/mol. The summed E-state index contributed by atoms with van der Waals surface area (Å²) in [6, 6.07) is 9.37. The van der Waals surface area contributed by atoms with Crippen LogP contribution in [-0.2, 0) is 16.2 Å². The summed E-state index contributed by atoms with van der Waals surface area (Å²) in [5.41, 5.74) is 0.758. The molecule has 4 rings (SSSR count). The molecule has 2 atom stereocenters. The number of hydrogen-bond donors (Lipinski definition) is 1. The number of likely N-dealkylation sites (N-methyl/N-ethyl adjacent to an activating group) is 2. The first-order chi connectivity index (χ1) is 16.8. The summed E-state index contributed by atoms with van der Waals surface area (Å²) in [7, 11) is 3.08. The Bertz CT molecular complexity index is 1200. The Balaban J connectivity index is 1.61. The van der Waals surface area contributed by atoms with E-state index in [-0.39, 0.29) is 11.5 Å². The van der Waals surface area contributed by atoms with E-state index in [0.717, 1.165) is 12.1 Å². The molecule has 1 amide bonds. The van der Waals surface area contributed by atoms with E-state index in [1.807, 2.05) is 18.2 Å². The van der Waals surface area contributed by atoms with Crippen LogP contribution in [0.5, 0.6) is 0 Å². The zero-order valence-corrected chi connectivity index (χ0v) is 20.6. The van der Waals surface area contributed by atoms with Crippen LogP contribution in [0.15, 0.2) is 53.6 Å². The molecule has 184 valence electrons. The number of hydrogen-bond acceptors (Lipinski definition) is 7. The van der Waals surface area contributed by atoms with Crippen molar-refractivity contribution in [3.05, 3.63) is 65.9 Å². The Morgan fingerprint density at radius 3 is 2.31 bits per heavy atom. The summed E-state index contributed by atoms with van der Waals surface area (Å²) >= 11 is -1.25. The molecule has 2 aromatic carbocycles. The van der Waals surface area contributed by atoms with Gasteiger partial charge in [-0.05, 0) is 50.2 Å². The van der Waals surface area contributed by atoms with Crippen molar-refractivity contribution in [1.29, 1.82) is 0 Å². The molecular formula is C24H26F2N6O2S. The third-order valence-corrected chi connectivity index (χ3v) is 7.58. The lowest BCUT2D eigenvalue weighted by Gasteiger charge is -2.38. The van der Waals surface area contributed by atoms with Crippen molar-refractivity contribution in [3.8, 4) is 0 Å². The molecule has 1 aliphatic rings. The Hall–Kier alpha value is -3.28. The standard InChI is InChI=1S/C24H26F2N6O2S/c1-5-32(6-2)35(34)16-12-10-15(11-13-16)28-24-27-14-19-22(29-24)31(4)21(23(33)30(19)3)20-17(25)8-7-9-18(20)26/h7-14,21H,5-6H2,1-4H3,(H,27,28,29). The largest absolute Gasteiger partial charge is 0.593 e. The van der Waals surface area contributed by atoms with Crippen molar-refractivity contribution in [1.82, 2.24) is 14.3 Å². The third-order valence-electron chi connectivity index (χ3n) is 5.92. The average molecular weight is 501 g/mol. The number of carbonyl (C=O) groups excluding carboxylic acids is 1. The molecule has 2 unspecified atom stereocenters. The zero-order chi connectivity index (χ0) is 25.3. The average Bonchev–Trinajstić information content (AvgIpc) is 2.85. The van der Waals surface area contributed by atoms with E-state index >= 15 is 0 Å². The number of fused-ring (bicyclic) bond motifs is 1. The SMILES string of the molecule is CCN(CC)[S+]([O-])c1ccc(Nc2ncc3c(n2)N(C)C(c2c(F)cccc2F)C(=O)N3C)cc1. The molecule has 8 nitrogen and oxygen atoms in total. The Morgan fingerprint density at radius 2 is 1.71 bits per heavy atom. The number of aromatic nitrogens is 2. The Morgan fingerprint density at radius 1 is 1.09 bits per heavy atom. The van der Waals surface area contributed by atoms with Gasteiger partial charge in [-0.15, -0.1) is 4.31 Å². The van der Waals surface area contributed by atoms with Gasteiger partial charge in [-0.1, -0.05) is 6.07 Å². The number of anilines is 4. The van der Waals surface area contributed by atoms with Gasteiger partial charge in [0.25, 0.3) is 5.91 Å². The quantitative estimate of drug-likeness (QED) is 0.491. The fraction of sp³-hybridized carbons (Fsp3) is 0.292. The van der Waals surface area contributed by atoms with Crippen LogP contribution in [0.2, 0.25) is 0 Å². The summed E-state index contributed by atoms with van der Waals surface area (Å²) in [6.45, 7) is 5.26. The maximum Gasteiger partial charge on any atom is 0.254 e. The van der Waals surface area contributed by atoms with E-state index in [9.17, 15) is 18.1 Å². The maximum absolute atomic E-state index is 14.5. The van der Waals surface area contributed by atoms with E-state index < -0.39 is 34.9 Å². The van der Waals surface area contributed by atoms with Gasteiger partial charge < -0.3 is 19.7 Å². The molecule has 35 heavy (non-hydrogen) atoms. The van der Waals surface area contributed by atoms with Gasteiger partial charge in [-0.2, -0.15) is 4.98 Å². The summed E-state index contributed by atoms with van der Waals surface area (Å²) in [5, 5.41) is 3.09. The summed E-state index contributed by atoms with van der Waals surface area (Å²) in [4.78, 5) is 25.2. The minimum absolute atomic E-state index is 0.240. The van der Waals surface area contributed by atoms with Crippen molar-refractivity contribution >= 4 is 40.4 Å². The molecular weight excluding hydrogens is 474 g/mol. The first kappa shape index (κ1) is 24.8. The van der Waals surface area contributed by atoms with Crippen LogP contribution in [0, 0.1) is 11.6 Å². The molecule has 1 N–H and O–H groups in total. The van der Waals surface area contributed by atoms with Gasteiger partial charge in [-0.3, -0.25) is 4.79 Å². The van der Waals surface area contributed by atoms with Crippen LogP contribution in [0.1, 0.15) is 25.5 Å². The van der Waals surface area contributed by atoms with Gasteiger partial charge in [-0.25, -0.2) is 13.8 Å². The van der Waals surface area contributed by atoms with Crippen molar-refractivity contribution in [2.45, 2.75) is 24.8 Å². The first-order valence-corrected chi connectivity index (χ1v) is 12.2. The predicted octanol–water partition coefficient (Wildman–Crippen LogP) is 4.02.